The van der Waals surface area contributed by atoms with Crippen molar-refractivity contribution in [3.8, 4) is 17.4 Å². The smallest absolute Gasteiger partial charge is 0.374 e. The molecule has 0 bridgehead atoms. The minimum atomic E-state index is -0.961. The number of non-ortho nitro benzene ring substituents is 1. The van der Waals surface area contributed by atoms with Gasteiger partial charge in [0, 0.05) is 17.7 Å². The molecule has 28 heavy (non-hydrogen) atoms. The molecule has 0 unspecified atom stereocenters. The number of hydrogen-bond acceptors (Lipinski definition) is 7. The number of nitrogens with one attached hydrogen (secondary N) is 1. The van der Waals surface area contributed by atoms with E-state index >= 15 is 0 Å². The minimum Gasteiger partial charge on any atom is -0.450 e. The van der Waals surface area contributed by atoms with Crippen molar-refractivity contribution >= 4 is 17.6 Å². The molecular weight excluding hydrogens is 366 g/mol. The first-order chi connectivity index (χ1) is 13.3. The van der Waals surface area contributed by atoms with E-state index in [1.54, 1.807) is 6.92 Å². The van der Waals surface area contributed by atoms with E-state index in [0.717, 1.165) is 12.8 Å². The monoisotopic (exact) mass is 383 g/mol. The summed E-state index contributed by atoms with van der Waals surface area (Å²) >= 11 is 0. The molecule has 0 radical (unpaired) electrons. The van der Waals surface area contributed by atoms with Crippen LogP contribution >= 0.6 is 0 Å². The third kappa shape index (κ3) is 4.17. The van der Waals surface area contributed by atoms with Crippen molar-refractivity contribution in [2.75, 3.05) is 6.61 Å². The quantitative estimate of drug-likeness (QED) is 0.441. The van der Waals surface area contributed by atoms with Crippen LogP contribution in [0.1, 0.15) is 30.3 Å². The molecule has 0 saturated heterocycles. The van der Waals surface area contributed by atoms with Gasteiger partial charge in [0.15, 0.2) is 6.61 Å². The number of nitro groups is 1. The molecule has 1 atom stereocenters. The highest BCUT2D eigenvalue weighted by atomic mass is 16.6. The molecule has 1 saturated carbocycles. The van der Waals surface area contributed by atoms with Crippen molar-refractivity contribution in [2.24, 2.45) is 5.92 Å². The number of furan rings is 1. The molecule has 9 nitrogen and oxygen atoms in total. The number of carbonyl (C=O) groups excluding carboxylic acids is 2. The van der Waals surface area contributed by atoms with Gasteiger partial charge in [0.2, 0.25) is 5.76 Å². The molecule has 1 aromatic carbocycles. The average molecular weight is 383 g/mol. The first-order valence-corrected chi connectivity index (χ1v) is 8.56. The van der Waals surface area contributed by atoms with Crippen LogP contribution in [0.3, 0.4) is 0 Å². The topological polar surface area (TPSA) is 135 Å². The van der Waals surface area contributed by atoms with Crippen molar-refractivity contribution in [2.45, 2.75) is 25.3 Å². The number of esters is 1. The molecule has 1 aliphatic rings. The first-order valence-electron chi connectivity index (χ1n) is 8.56. The van der Waals surface area contributed by atoms with Crippen LogP contribution in [-0.2, 0) is 9.53 Å². The minimum absolute atomic E-state index is 0.0588. The average Bonchev–Trinajstić information content (AvgIpc) is 3.44. The van der Waals surface area contributed by atoms with Crippen molar-refractivity contribution in [3.05, 3.63) is 52.3 Å². The SMILES string of the molecule is C[C@](C#N)(NC(=O)COC(=O)c1ccc(-c2ccc([N+](=O)[O-])cc2)o1)C1CC1. The van der Waals surface area contributed by atoms with E-state index in [9.17, 15) is 25.0 Å². The summed E-state index contributed by atoms with van der Waals surface area (Å²) in [5, 5.41) is 22.5. The third-order valence-corrected chi connectivity index (χ3v) is 4.53. The summed E-state index contributed by atoms with van der Waals surface area (Å²) < 4.78 is 10.3. The Kier molecular flexibility index (Phi) is 5.13. The van der Waals surface area contributed by atoms with Crippen LogP contribution in [0.5, 0.6) is 0 Å². The lowest BCUT2D eigenvalue weighted by molar-refractivity contribution is -0.384. The van der Waals surface area contributed by atoms with E-state index in [0.29, 0.717) is 11.3 Å². The molecule has 3 rings (SSSR count). The summed E-state index contributed by atoms with van der Waals surface area (Å²) in [6, 6.07) is 10.7. The van der Waals surface area contributed by atoms with Gasteiger partial charge in [0.05, 0.1) is 11.0 Å². The van der Waals surface area contributed by atoms with Gasteiger partial charge in [0.25, 0.3) is 11.6 Å². The van der Waals surface area contributed by atoms with Crippen LogP contribution < -0.4 is 5.32 Å². The van der Waals surface area contributed by atoms with Gasteiger partial charge in [-0.25, -0.2) is 4.79 Å². The summed E-state index contributed by atoms with van der Waals surface area (Å²) in [5.41, 5.74) is -0.467. The number of ether oxygens (including phenoxy) is 1. The Bertz CT molecular complexity index is 955. The van der Waals surface area contributed by atoms with E-state index in [2.05, 4.69) is 11.4 Å². The molecule has 1 aromatic heterocycles. The molecule has 144 valence electrons. The van der Waals surface area contributed by atoms with Gasteiger partial charge in [0.1, 0.15) is 11.3 Å². The summed E-state index contributed by atoms with van der Waals surface area (Å²) in [4.78, 5) is 34.2. The van der Waals surface area contributed by atoms with Crippen LogP contribution in [0.15, 0.2) is 40.8 Å². The number of nitrogens with zero attached hydrogens (tertiary/aromatic N) is 2. The summed E-state index contributed by atoms with van der Waals surface area (Å²) in [6.07, 6.45) is 1.75. The lowest BCUT2D eigenvalue weighted by Crippen LogP contribution is -2.48. The third-order valence-electron chi connectivity index (χ3n) is 4.53. The van der Waals surface area contributed by atoms with E-state index < -0.39 is 28.9 Å². The largest absolute Gasteiger partial charge is 0.450 e. The van der Waals surface area contributed by atoms with Gasteiger partial charge >= 0.3 is 5.97 Å². The molecule has 0 aliphatic heterocycles. The van der Waals surface area contributed by atoms with E-state index in [1.807, 2.05) is 0 Å². The van der Waals surface area contributed by atoms with Crippen LogP contribution in [0.2, 0.25) is 0 Å². The predicted octanol–water partition coefficient (Wildman–Crippen LogP) is 2.82. The summed E-state index contributed by atoms with van der Waals surface area (Å²) in [7, 11) is 0. The zero-order valence-electron chi connectivity index (χ0n) is 15.0. The first kappa shape index (κ1) is 19.1. The van der Waals surface area contributed by atoms with Gasteiger partial charge in [-0.15, -0.1) is 0 Å². The number of hydrogen-bond donors (Lipinski definition) is 1. The zero-order chi connectivity index (χ0) is 20.3. The number of nitro benzene ring substituents is 1. The summed E-state index contributed by atoms with van der Waals surface area (Å²) in [5.74, 6) is -1.05. The zero-order valence-corrected chi connectivity index (χ0v) is 15.0. The maximum Gasteiger partial charge on any atom is 0.374 e. The van der Waals surface area contributed by atoms with Crippen molar-refractivity contribution in [1.29, 1.82) is 5.26 Å². The second kappa shape index (κ2) is 7.52. The number of rotatable bonds is 7. The molecule has 1 amide bonds. The Labute approximate surface area is 160 Å². The molecule has 1 N–H and O–H groups in total. The Morgan fingerprint density at radius 2 is 2.00 bits per heavy atom. The fraction of sp³-hybridized carbons (Fsp3) is 0.316. The second-order valence-corrected chi connectivity index (χ2v) is 6.68. The van der Waals surface area contributed by atoms with Crippen LogP contribution in [0.4, 0.5) is 5.69 Å². The number of amides is 1. The fourth-order valence-corrected chi connectivity index (χ4v) is 2.76. The maximum absolute atomic E-state index is 12.1. The highest BCUT2D eigenvalue weighted by molar-refractivity contribution is 5.89. The normalized spacial score (nSPS) is 15.1. The number of nitriles is 1. The molecule has 1 aliphatic carbocycles. The Hall–Kier alpha value is -3.67. The van der Waals surface area contributed by atoms with E-state index in [4.69, 9.17) is 9.15 Å². The van der Waals surface area contributed by atoms with Gasteiger partial charge in [-0.05, 0) is 49.9 Å². The molecule has 9 heteroatoms. The van der Waals surface area contributed by atoms with Crippen molar-refractivity contribution in [1.82, 2.24) is 5.32 Å². The number of carbonyl (C=O) groups is 2. The second-order valence-electron chi connectivity index (χ2n) is 6.68. The van der Waals surface area contributed by atoms with Gasteiger partial charge in [-0.2, -0.15) is 5.26 Å². The van der Waals surface area contributed by atoms with Gasteiger partial charge in [-0.1, -0.05) is 0 Å². The van der Waals surface area contributed by atoms with E-state index in [-0.39, 0.29) is 17.4 Å². The molecular formula is C19H17N3O6. The fourth-order valence-electron chi connectivity index (χ4n) is 2.76. The Balaban J connectivity index is 1.57. The van der Waals surface area contributed by atoms with E-state index in [1.165, 1.54) is 36.4 Å². The molecule has 1 heterocycles. The Morgan fingerprint density at radius 3 is 2.57 bits per heavy atom. The molecule has 2 aromatic rings. The predicted molar refractivity (Wildman–Crippen MR) is 96.0 cm³/mol. The van der Waals surface area contributed by atoms with Crippen LogP contribution in [-0.4, -0.2) is 28.9 Å². The maximum atomic E-state index is 12.1. The molecule has 0 spiro atoms. The molecule has 1 fully saturated rings. The lowest BCUT2D eigenvalue weighted by atomic mass is 9.98. The highest BCUT2D eigenvalue weighted by Crippen LogP contribution is 2.39. The van der Waals surface area contributed by atoms with Crippen molar-refractivity contribution < 1.29 is 23.7 Å². The lowest BCUT2D eigenvalue weighted by Gasteiger charge is -2.22. The Morgan fingerprint density at radius 1 is 1.32 bits per heavy atom. The standard InChI is InChI=1S/C19H17N3O6/c1-19(11-20,13-4-5-13)21-17(23)10-27-18(24)16-9-8-15(28-16)12-2-6-14(7-3-12)22(25)26/h2-3,6-9,13H,4-5,10H2,1H3,(H,21,23)/t19-/m1/s1. The van der Waals surface area contributed by atoms with Gasteiger partial charge in [-0.3, -0.25) is 14.9 Å². The number of benzene rings is 1. The van der Waals surface area contributed by atoms with Crippen molar-refractivity contribution in [3.63, 3.8) is 0 Å². The van der Waals surface area contributed by atoms with Crippen LogP contribution in [0.25, 0.3) is 11.3 Å². The van der Waals surface area contributed by atoms with Crippen LogP contribution in [0, 0.1) is 27.4 Å². The van der Waals surface area contributed by atoms with Gasteiger partial charge < -0.3 is 14.5 Å². The highest BCUT2D eigenvalue weighted by Gasteiger charge is 2.43. The summed E-state index contributed by atoms with van der Waals surface area (Å²) in [6.45, 7) is 1.11.